The van der Waals surface area contributed by atoms with E-state index in [0.29, 0.717) is 40.5 Å². The van der Waals surface area contributed by atoms with Gasteiger partial charge in [-0.2, -0.15) is 0 Å². The van der Waals surface area contributed by atoms with Crippen LogP contribution in [0.3, 0.4) is 0 Å². The summed E-state index contributed by atoms with van der Waals surface area (Å²) in [7, 11) is 0. The Morgan fingerprint density at radius 2 is 1.75 bits per heavy atom. The van der Waals surface area contributed by atoms with Gasteiger partial charge in [0.05, 0.1) is 29.8 Å². The van der Waals surface area contributed by atoms with Crippen molar-refractivity contribution in [3.05, 3.63) is 100 Å². The van der Waals surface area contributed by atoms with Crippen LogP contribution in [0.25, 0.3) is 0 Å². The maximum Gasteiger partial charge on any atom is 0.413 e. The normalized spacial score (nSPS) is 29.0. The Kier molecular flexibility index (Phi) is 14.7. The van der Waals surface area contributed by atoms with E-state index in [1.807, 2.05) is 42.6 Å². The first-order valence-corrected chi connectivity index (χ1v) is 24.8. The van der Waals surface area contributed by atoms with Crippen molar-refractivity contribution in [1.29, 1.82) is 0 Å². The van der Waals surface area contributed by atoms with Gasteiger partial charge in [0.1, 0.15) is 19.3 Å². The Balaban J connectivity index is 0.827. The van der Waals surface area contributed by atoms with Crippen LogP contribution < -0.4 is 21.3 Å². The number of Topliss-reactive ketones (excluding diaryl/α,β-unsaturated/α-hetero) is 1. The number of carboxylic acids is 1. The number of alkyl halides is 1. The number of anilines is 2. The van der Waals surface area contributed by atoms with Gasteiger partial charge in [0.25, 0.3) is 0 Å². The maximum absolute atomic E-state index is 13.9. The van der Waals surface area contributed by atoms with Crippen molar-refractivity contribution in [2.24, 2.45) is 28.6 Å². The molecule has 2 heterocycles. The van der Waals surface area contributed by atoms with E-state index in [1.54, 1.807) is 36.4 Å². The number of thiazole rings is 1. The van der Waals surface area contributed by atoms with Gasteiger partial charge in [0, 0.05) is 46.2 Å². The van der Waals surface area contributed by atoms with Crippen LogP contribution >= 0.6 is 27.3 Å². The molecule has 18 nitrogen and oxygen atoms in total. The average Bonchev–Trinajstić information content (AvgIpc) is 4.01. The molecule has 8 rings (SSSR count). The van der Waals surface area contributed by atoms with Gasteiger partial charge in [-0.05, 0) is 79.4 Å². The fourth-order valence-corrected chi connectivity index (χ4v) is 12.4. The van der Waals surface area contributed by atoms with Crippen LogP contribution in [0.4, 0.5) is 15.6 Å². The highest BCUT2D eigenvalue weighted by atomic mass is 79.9. The number of benzene rings is 2. The van der Waals surface area contributed by atoms with Crippen molar-refractivity contribution in [3.8, 4) is 0 Å². The van der Waals surface area contributed by atoms with Crippen LogP contribution in [0.1, 0.15) is 81.0 Å². The number of amides is 4. The van der Waals surface area contributed by atoms with E-state index in [4.69, 9.17) is 19.3 Å². The summed E-state index contributed by atoms with van der Waals surface area (Å²) in [6.07, 6.45) is 4.46. The lowest BCUT2D eigenvalue weighted by Gasteiger charge is -2.59. The Hall–Kier alpha value is -5.64. The number of nitrogens with one attached hydrogen (secondary N) is 4. The number of hydrogen-bond donors (Lipinski definition) is 7. The standard InChI is InChI=1S/C49H54BrN5O13S/c1-47-16-15-32(57)18-29(47)9-12-33-34-19-38-49(37(59)23-56,48(34,2)20-36(58)42(33)47)68-44(67-38)28-7-3-26(4-8-28)17-31-25-69-45(53-31)55-46(65)66-24-27-5-10-30(11-6-27)52-43(64)35(13-14-41(62)63)54-40(61)22-51-39(60)21-50/h3-8,10-11,15-16,18,25,33-36,38,42,44,56,58H,9,12-14,17,19-24H2,1-2H3,(H,51,60)(H,52,64)(H,54,61)(H,62,63)(H,53,55,65)/t33-,34-,35-,36-,38+,42+,44+,47-,48-,49+/m0/s1. The van der Waals surface area contributed by atoms with E-state index in [9.17, 15) is 43.8 Å². The van der Waals surface area contributed by atoms with Gasteiger partial charge in [-0.1, -0.05) is 77.8 Å². The summed E-state index contributed by atoms with van der Waals surface area (Å²) in [6.45, 7) is 2.89. The molecule has 1 saturated heterocycles. The summed E-state index contributed by atoms with van der Waals surface area (Å²) in [6, 6.07) is 12.7. The quantitative estimate of drug-likeness (QED) is 0.0889. The number of carbonyl (C=O) groups excluding carboxylic acids is 6. The second kappa shape index (κ2) is 20.4. The second-order valence-corrected chi connectivity index (χ2v) is 20.2. The van der Waals surface area contributed by atoms with Gasteiger partial charge in [0.2, 0.25) is 17.7 Å². The highest BCUT2D eigenvalue weighted by molar-refractivity contribution is 9.09. The Morgan fingerprint density at radius 1 is 1.01 bits per heavy atom. The molecule has 0 spiro atoms. The SMILES string of the molecule is C[C@]12C=CC(=O)C=C1CC[C@@H]1[C@@H]2[C@@H](O)C[C@@]2(C)[C@H]1C[C@H]1O[C@@H](c3ccc(Cc4csc(NC(=O)OCc5ccc(NC(=O)[C@H](CCC(=O)O)NC(=O)CNC(=O)CBr)cc5)n4)cc3)O[C@]12C(=O)CO. The van der Waals surface area contributed by atoms with Crippen LogP contribution in [-0.2, 0) is 56.0 Å². The molecule has 2 aromatic carbocycles. The Bertz CT molecular complexity index is 2570. The van der Waals surface area contributed by atoms with E-state index in [-0.39, 0.29) is 54.7 Å². The van der Waals surface area contributed by atoms with E-state index in [2.05, 4.69) is 49.1 Å². The first kappa shape index (κ1) is 49.8. The summed E-state index contributed by atoms with van der Waals surface area (Å²) in [5, 5.41) is 43.6. The maximum atomic E-state index is 13.9. The number of carbonyl (C=O) groups is 7. The first-order chi connectivity index (χ1) is 33.0. The molecule has 69 heavy (non-hydrogen) atoms. The second-order valence-electron chi connectivity index (χ2n) is 18.8. The van der Waals surface area contributed by atoms with Crippen LogP contribution in [-0.4, -0.2) is 104 Å². The monoisotopic (exact) mass is 1030 g/mol. The van der Waals surface area contributed by atoms with Gasteiger partial charge in [-0.3, -0.25) is 34.1 Å². The molecule has 1 aromatic heterocycles. The molecule has 4 aliphatic carbocycles. The van der Waals surface area contributed by atoms with Crippen LogP contribution in [0.15, 0.2) is 77.7 Å². The summed E-state index contributed by atoms with van der Waals surface area (Å²) < 4.78 is 18.7. The lowest BCUT2D eigenvalue weighted by atomic mass is 9.46. The third-order valence-electron chi connectivity index (χ3n) is 14.6. The van der Waals surface area contributed by atoms with Gasteiger partial charge in [-0.25, -0.2) is 9.78 Å². The number of aliphatic hydroxyl groups excluding tert-OH is 2. The molecule has 3 aromatic rings. The Morgan fingerprint density at radius 3 is 2.46 bits per heavy atom. The number of ether oxygens (including phenoxy) is 3. The number of ketones is 2. The zero-order valence-electron chi connectivity index (χ0n) is 37.9. The lowest BCUT2D eigenvalue weighted by Crippen LogP contribution is -2.63. The van der Waals surface area contributed by atoms with Crippen LogP contribution in [0.5, 0.6) is 0 Å². The minimum absolute atomic E-state index is 0.0142. The molecular formula is C49H54BrN5O13S. The van der Waals surface area contributed by atoms with Gasteiger partial charge < -0.3 is 45.5 Å². The van der Waals surface area contributed by atoms with E-state index in [0.717, 1.165) is 24.0 Å². The minimum Gasteiger partial charge on any atom is -0.481 e. The lowest BCUT2D eigenvalue weighted by molar-refractivity contribution is -0.201. The van der Waals surface area contributed by atoms with Gasteiger partial charge in [-0.15, -0.1) is 11.3 Å². The predicted molar refractivity (Wildman–Crippen MR) is 253 cm³/mol. The van der Waals surface area contributed by atoms with Crippen molar-refractivity contribution < 1.29 is 63.1 Å². The van der Waals surface area contributed by atoms with Crippen molar-refractivity contribution in [1.82, 2.24) is 15.6 Å². The third kappa shape index (κ3) is 10.0. The molecule has 3 saturated carbocycles. The van der Waals surface area contributed by atoms with Gasteiger partial charge >= 0.3 is 12.1 Å². The van der Waals surface area contributed by atoms with Crippen LogP contribution in [0, 0.1) is 28.6 Å². The first-order valence-electron chi connectivity index (χ1n) is 22.8. The molecule has 1 aliphatic heterocycles. The van der Waals surface area contributed by atoms with E-state index in [1.165, 1.54) is 11.3 Å². The largest absolute Gasteiger partial charge is 0.481 e. The number of halogens is 1. The predicted octanol–water partition coefficient (Wildman–Crippen LogP) is 4.88. The summed E-state index contributed by atoms with van der Waals surface area (Å²) in [4.78, 5) is 91.3. The third-order valence-corrected chi connectivity index (χ3v) is 16.0. The number of carboxylic acid groups (broad SMARTS) is 1. The number of aliphatic hydroxyl groups is 2. The van der Waals surface area contributed by atoms with E-state index >= 15 is 0 Å². The zero-order valence-corrected chi connectivity index (χ0v) is 40.3. The summed E-state index contributed by atoms with van der Waals surface area (Å²) in [5.74, 6) is -3.49. The number of allylic oxidation sites excluding steroid dienone is 4. The number of hydrogen-bond acceptors (Lipinski definition) is 14. The Labute approximate surface area is 409 Å². The number of fused-ring (bicyclic) bond motifs is 7. The summed E-state index contributed by atoms with van der Waals surface area (Å²) in [5.41, 5.74) is 1.57. The molecule has 366 valence electrons. The highest BCUT2D eigenvalue weighted by Gasteiger charge is 2.76. The van der Waals surface area contributed by atoms with Crippen molar-refractivity contribution in [2.45, 2.75) is 95.5 Å². The van der Waals surface area contributed by atoms with E-state index < -0.39 is 89.7 Å². The molecule has 0 radical (unpaired) electrons. The van der Waals surface area contributed by atoms with Crippen molar-refractivity contribution in [2.75, 3.05) is 29.1 Å². The molecule has 0 bridgehead atoms. The zero-order chi connectivity index (χ0) is 49.3. The molecular weight excluding hydrogens is 979 g/mol. The van der Waals surface area contributed by atoms with Crippen molar-refractivity contribution in [3.63, 3.8) is 0 Å². The summed E-state index contributed by atoms with van der Waals surface area (Å²) >= 11 is 4.20. The van der Waals surface area contributed by atoms with Crippen molar-refractivity contribution >= 4 is 79.4 Å². The number of nitrogens with zero attached hydrogens (tertiary/aromatic N) is 1. The fraction of sp³-hybridized carbons (Fsp3) is 0.469. The molecule has 5 aliphatic rings. The van der Waals surface area contributed by atoms with Crippen LogP contribution in [0.2, 0.25) is 0 Å². The smallest absolute Gasteiger partial charge is 0.413 e. The number of rotatable bonds is 17. The topological polar surface area (TPSA) is 269 Å². The molecule has 10 atom stereocenters. The fourth-order valence-electron chi connectivity index (χ4n) is 11.5. The molecule has 20 heteroatoms. The molecule has 7 N–H and O–H groups in total. The minimum atomic E-state index is -1.46. The van der Waals surface area contributed by atoms with Gasteiger partial charge in [0.15, 0.2) is 28.6 Å². The highest BCUT2D eigenvalue weighted by Crippen LogP contribution is 2.70. The molecule has 0 unspecified atom stereocenters. The number of aliphatic carboxylic acids is 1. The average molecular weight is 1030 g/mol. The number of aromatic nitrogens is 1. The molecule has 4 fully saturated rings. The molecule has 4 amide bonds.